The molecule has 3 rings (SSSR count). The van der Waals surface area contributed by atoms with E-state index < -0.39 is 12.0 Å². The van der Waals surface area contributed by atoms with Crippen molar-refractivity contribution in [3.63, 3.8) is 0 Å². The number of esters is 1. The van der Waals surface area contributed by atoms with Crippen LogP contribution in [0, 0.1) is 11.3 Å². The third kappa shape index (κ3) is 4.10. The largest absolute Gasteiger partial charge is 0.466 e. The number of aliphatic imine (C=N–C) groups is 1. The third-order valence-corrected chi connectivity index (χ3v) is 4.34. The Morgan fingerprint density at radius 2 is 2.04 bits per heavy atom. The van der Waals surface area contributed by atoms with Gasteiger partial charge in [0.25, 0.3) is 0 Å². The highest BCUT2D eigenvalue weighted by molar-refractivity contribution is 6.30. The van der Waals surface area contributed by atoms with Gasteiger partial charge < -0.3 is 15.4 Å². The predicted octanol–water partition coefficient (Wildman–Crippen LogP) is 3.77. The quantitative estimate of drug-likeness (QED) is 0.791. The first-order chi connectivity index (χ1) is 13.0. The number of hydrogen-bond acceptors (Lipinski definition) is 6. The van der Waals surface area contributed by atoms with E-state index in [0.29, 0.717) is 33.5 Å². The molecule has 27 heavy (non-hydrogen) atoms. The number of allylic oxidation sites excluding steroid dienone is 1. The van der Waals surface area contributed by atoms with Gasteiger partial charge in [0, 0.05) is 16.4 Å². The number of carbonyl (C=O) groups is 1. The second-order valence-corrected chi connectivity index (χ2v) is 6.34. The van der Waals surface area contributed by atoms with Crippen LogP contribution in [0.2, 0.25) is 5.02 Å². The Balaban J connectivity index is 1.98. The Morgan fingerprint density at radius 3 is 2.70 bits per heavy atom. The van der Waals surface area contributed by atoms with Crippen LogP contribution in [0.1, 0.15) is 24.1 Å². The number of guanidine groups is 1. The Morgan fingerprint density at radius 1 is 1.30 bits per heavy atom. The molecule has 7 heteroatoms. The first-order valence-electron chi connectivity index (χ1n) is 8.18. The summed E-state index contributed by atoms with van der Waals surface area (Å²) < 4.78 is 4.93. The lowest BCUT2D eigenvalue weighted by molar-refractivity contribution is -0.136. The van der Waals surface area contributed by atoms with Crippen LogP contribution in [-0.2, 0) is 9.53 Å². The minimum absolute atomic E-state index is 0.427. The molecule has 2 aromatic rings. The Kier molecular flexibility index (Phi) is 5.43. The lowest BCUT2D eigenvalue weighted by Gasteiger charge is -2.26. The summed E-state index contributed by atoms with van der Waals surface area (Å²) in [6, 6.07) is 15.8. The number of carbonyl (C=O) groups excluding carboxylic acids is 1. The van der Waals surface area contributed by atoms with Gasteiger partial charge in [-0.1, -0.05) is 29.8 Å². The molecule has 0 bridgehead atoms. The zero-order valence-electron chi connectivity index (χ0n) is 14.8. The number of rotatable bonds is 3. The third-order valence-electron chi connectivity index (χ3n) is 4.09. The normalized spacial score (nSPS) is 16.1. The molecule has 136 valence electrons. The number of ether oxygens (including phenoxy) is 1. The molecule has 0 aliphatic carbocycles. The Labute approximate surface area is 162 Å². The van der Waals surface area contributed by atoms with E-state index in [-0.39, 0.29) is 0 Å². The number of benzene rings is 2. The summed E-state index contributed by atoms with van der Waals surface area (Å²) in [4.78, 5) is 16.9. The van der Waals surface area contributed by atoms with Gasteiger partial charge >= 0.3 is 5.97 Å². The Bertz CT molecular complexity index is 974. The molecule has 0 spiro atoms. The Hall–Kier alpha value is -3.30. The second-order valence-electron chi connectivity index (χ2n) is 5.90. The van der Waals surface area contributed by atoms with Gasteiger partial charge in [-0.15, -0.1) is 0 Å². The fraction of sp³-hybridized carbons (Fsp3) is 0.150. The lowest BCUT2D eigenvalue weighted by Crippen LogP contribution is -2.36. The molecule has 0 amide bonds. The molecule has 1 unspecified atom stereocenters. The smallest absolute Gasteiger partial charge is 0.338 e. The van der Waals surface area contributed by atoms with Gasteiger partial charge in [-0.2, -0.15) is 5.26 Å². The van der Waals surface area contributed by atoms with Crippen LogP contribution >= 0.6 is 11.6 Å². The molecule has 1 aliphatic rings. The van der Waals surface area contributed by atoms with Crippen molar-refractivity contribution in [1.29, 1.82) is 5.26 Å². The molecule has 6 nitrogen and oxygen atoms in total. The van der Waals surface area contributed by atoms with Crippen LogP contribution in [0.4, 0.5) is 5.69 Å². The van der Waals surface area contributed by atoms with Crippen molar-refractivity contribution in [2.75, 3.05) is 12.4 Å². The number of hydrogen-bond donors (Lipinski definition) is 2. The van der Waals surface area contributed by atoms with E-state index in [9.17, 15) is 4.79 Å². The van der Waals surface area contributed by atoms with Crippen LogP contribution in [0.25, 0.3) is 0 Å². The van der Waals surface area contributed by atoms with Crippen molar-refractivity contribution in [2.24, 2.45) is 4.99 Å². The fourth-order valence-electron chi connectivity index (χ4n) is 2.80. The molecule has 0 saturated heterocycles. The summed E-state index contributed by atoms with van der Waals surface area (Å²) in [7, 11) is 1.34. The van der Waals surface area contributed by atoms with E-state index in [2.05, 4.69) is 21.7 Å². The summed E-state index contributed by atoms with van der Waals surface area (Å²) in [6.07, 6.45) is 0. The van der Waals surface area contributed by atoms with Crippen molar-refractivity contribution in [2.45, 2.75) is 13.0 Å². The van der Waals surface area contributed by atoms with Crippen LogP contribution in [0.3, 0.4) is 0 Å². The molecule has 2 N–H and O–H groups in total. The van der Waals surface area contributed by atoms with E-state index in [0.717, 1.165) is 5.56 Å². The molecule has 1 aliphatic heterocycles. The molecule has 0 radical (unpaired) electrons. The first kappa shape index (κ1) is 18.5. The maximum absolute atomic E-state index is 12.3. The lowest BCUT2D eigenvalue weighted by atomic mass is 9.96. The van der Waals surface area contributed by atoms with Gasteiger partial charge in [0.15, 0.2) is 0 Å². The van der Waals surface area contributed by atoms with Crippen LogP contribution in [-0.4, -0.2) is 19.0 Å². The van der Waals surface area contributed by atoms with E-state index in [1.165, 1.54) is 7.11 Å². The summed E-state index contributed by atoms with van der Waals surface area (Å²) in [6.45, 7) is 1.79. The summed E-state index contributed by atoms with van der Waals surface area (Å²) >= 11 is 5.98. The first-order valence-corrected chi connectivity index (χ1v) is 8.56. The highest BCUT2D eigenvalue weighted by Crippen LogP contribution is 2.32. The molecule has 1 atom stereocenters. The predicted molar refractivity (Wildman–Crippen MR) is 104 cm³/mol. The van der Waals surface area contributed by atoms with Crippen LogP contribution in [0.5, 0.6) is 0 Å². The molecule has 1 heterocycles. The number of nitrogens with zero attached hydrogens (tertiary/aromatic N) is 2. The number of anilines is 1. The average molecular weight is 381 g/mol. The topological polar surface area (TPSA) is 86.5 Å². The summed E-state index contributed by atoms with van der Waals surface area (Å²) in [5, 5.41) is 15.9. The van der Waals surface area contributed by atoms with Gasteiger partial charge in [0.05, 0.1) is 24.3 Å². The van der Waals surface area contributed by atoms with Crippen molar-refractivity contribution in [3.8, 4) is 6.07 Å². The number of nitriles is 1. The van der Waals surface area contributed by atoms with Crippen molar-refractivity contribution in [1.82, 2.24) is 5.32 Å². The second kappa shape index (κ2) is 7.94. The minimum Gasteiger partial charge on any atom is -0.466 e. The monoisotopic (exact) mass is 380 g/mol. The SMILES string of the molecule is COC(=O)C1=C(C)NC(Nc2cccc(C#N)c2)=NC1c1ccc(Cl)cc1. The number of nitrogens with one attached hydrogen (secondary N) is 2. The molecule has 2 aromatic carbocycles. The van der Waals surface area contributed by atoms with Crippen molar-refractivity contribution < 1.29 is 9.53 Å². The van der Waals surface area contributed by atoms with Crippen molar-refractivity contribution in [3.05, 3.63) is 76.0 Å². The van der Waals surface area contributed by atoms with E-state index >= 15 is 0 Å². The van der Waals surface area contributed by atoms with E-state index in [1.807, 2.05) is 18.2 Å². The summed E-state index contributed by atoms with van der Waals surface area (Å²) in [5.41, 5.74) is 3.12. The maximum atomic E-state index is 12.3. The summed E-state index contributed by atoms with van der Waals surface area (Å²) in [5.74, 6) is 0.0180. The molecular weight excluding hydrogens is 364 g/mol. The number of methoxy groups -OCH3 is 1. The fourth-order valence-corrected chi connectivity index (χ4v) is 2.93. The van der Waals surface area contributed by atoms with E-state index in [1.54, 1.807) is 37.3 Å². The molecule has 0 fully saturated rings. The highest BCUT2D eigenvalue weighted by Gasteiger charge is 2.30. The van der Waals surface area contributed by atoms with Crippen molar-refractivity contribution >= 4 is 29.2 Å². The average Bonchev–Trinajstić information content (AvgIpc) is 2.67. The van der Waals surface area contributed by atoms with Gasteiger partial charge in [-0.3, -0.25) is 0 Å². The molecular formula is C20H17ClN4O2. The molecule has 0 saturated carbocycles. The molecule has 0 aromatic heterocycles. The van der Waals surface area contributed by atoms with Gasteiger partial charge in [-0.05, 0) is 42.8 Å². The zero-order chi connectivity index (χ0) is 19.4. The number of halogens is 1. The van der Waals surface area contributed by atoms with Gasteiger partial charge in [0.1, 0.15) is 6.04 Å². The minimum atomic E-state index is -0.544. The van der Waals surface area contributed by atoms with Crippen LogP contribution < -0.4 is 10.6 Å². The highest BCUT2D eigenvalue weighted by atomic mass is 35.5. The van der Waals surface area contributed by atoms with Crippen LogP contribution in [0.15, 0.2) is 64.8 Å². The van der Waals surface area contributed by atoms with Gasteiger partial charge in [0.2, 0.25) is 5.96 Å². The zero-order valence-corrected chi connectivity index (χ0v) is 15.5. The van der Waals surface area contributed by atoms with E-state index in [4.69, 9.17) is 21.6 Å². The standard InChI is InChI=1S/C20H17ClN4O2/c1-12-17(19(26)27-2)18(14-6-8-15(21)9-7-14)25-20(23-12)24-16-5-3-4-13(10-16)11-22/h3-10,18H,1-2H3,(H2,23,24,25). The van der Waals surface area contributed by atoms with Gasteiger partial charge in [-0.25, -0.2) is 9.79 Å². The maximum Gasteiger partial charge on any atom is 0.338 e.